The van der Waals surface area contributed by atoms with E-state index >= 15 is 0 Å². The molecule has 2 N–H and O–H groups in total. The first-order chi connectivity index (χ1) is 13.9. The van der Waals surface area contributed by atoms with Crippen molar-refractivity contribution in [2.45, 2.75) is 45.3 Å². The van der Waals surface area contributed by atoms with Gasteiger partial charge in [0.25, 0.3) is 0 Å². The van der Waals surface area contributed by atoms with E-state index in [2.05, 4.69) is 30.2 Å². The van der Waals surface area contributed by atoms with Crippen molar-refractivity contribution < 1.29 is 9.53 Å². The number of nitrogens with zero attached hydrogens (tertiary/aromatic N) is 4. The van der Waals surface area contributed by atoms with Gasteiger partial charge in [-0.15, -0.1) is 0 Å². The smallest absolute Gasteiger partial charge is 0.407 e. The summed E-state index contributed by atoms with van der Waals surface area (Å²) >= 11 is 0. The molecule has 29 heavy (non-hydrogen) atoms. The minimum absolute atomic E-state index is 0.117. The average molecular weight is 394 g/mol. The molecule has 0 radical (unpaired) electrons. The van der Waals surface area contributed by atoms with Gasteiger partial charge in [0, 0.05) is 66.1 Å². The SMILES string of the molecule is CC(C)(C)OC(=O)NC1CCN(c2ccnc3[nH]cc(-c4cncnc4)c23)CC1. The molecule has 1 aliphatic rings. The summed E-state index contributed by atoms with van der Waals surface area (Å²) in [5.41, 5.74) is 3.48. The molecule has 8 nitrogen and oxygen atoms in total. The molecule has 0 unspecified atom stereocenters. The lowest BCUT2D eigenvalue weighted by atomic mass is 10.0. The number of pyridine rings is 1. The molecule has 1 amide bonds. The van der Waals surface area contributed by atoms with Gasteiger partial charge in [-0.2, -0.15) is 0 Å². The number of fused-ring (bicyclic) bond motifs is 1. The summed E-state index contributed by atoms with van der Waals surface area (Å²) in [7, 11) is 0. The van der Waals surface area contributed by atoms with Crippen molar-refractivity contribution in [1.29, 1.82) is 0 Å². The monoisotopic (exact) mass is 394 g/mol. The second kappa shape index (κ2) is 7.69. The molecule has 3 aromatic heterocycles. The number of ether oxygens (including phenoxy) is 1. The van der Waals surface area contributed by atoms with Crippen LogP contribution in [-0.4, -0.2) is 50.8 Å². The van der Waals surface area contributed by atoms with Crippen LogP contribution in [0.15, 0.2) is 37.2 Å². The Kier molecular flexibility index (Phi) is 5.08. The van der Waals surface area contributed by atoms with Gasteiger partial charge in [0.05, 0.1) is 0 Å². The molecule has 0 bridgehead atoms. The fraction of sp³-hybridized carbons (Fsp3) is 0.429. The first-order valence-corrected chi connectivity index (χ1v) is 9.86. The van der Waals surface area contributed by atoms with Gasteiger partial charge in [0.15, 0.2) is 0 Å². The van der Waals surface area contributed by atoms with E-state index in [1.807, 2.05) is 51.6 Å². The summed E-state index contributed by atoms with van der Waals surface area (Å²) in [6.45, 7) is 7.30. The van der Waals surface area contributed by atoms with Crippen LogP contribution in [0.1, 0.15) is 33.6 Å². The molecule has 0 saturated carbocycles. The predicted molar refractivity (Wildman–Crippen MR) is 112 cm³/mol. The van der Waals surface area contributed by atoms with E-state index in [0.717, 1.165) is 53.8 Å². The number of aromatic amines is 1. The third-order valence-electron chi connectivity index (χ3n) is 4.98. The predicted octanol–water partition coefficient (Wildman–Crippen LogP) is 3.51. The number of aromatic nitrogens is 4. The number of carbonyl (C=O) groups is 1. The zero-order valence-electron chi connectivity index (χ0n) is 17.0. The molecule has 1 saturated heterocycles. The zero-order valence-corrected chi connectivity index (χ0v) is 17.0. The molecular weight excluding hydrogens is 368 g/mol. The number of alkyl carbamates (subject to hydrolysis) is 1. The standard InChI is InChI=1S/C21H26N6O2/c1-21(2,3)29-20(28)26-15-5-8-27(9-6-15)17-4-7-24-19-18(17)16(12-25-19)14-10-22-13-23-11-14/h4,7,10-13,15H,5-6,8-9H2,1-3H3,(H,24,25)(H,26,28). The van der Waals surface area contributed by atoms with E-state index in [9.17, 15) is 4.79 Å². The van der Waals surface area contributed by atoms with E-state index in [0.29, 0.717) is 0 Å². The number of anilines is 1. The first kappa shape index (κ1) is 19.2. The van der Waals surface area contributed by atoms with Gasteiger partial charge in [0.2, 0.25) is 0 Å². The molecule has 8 heteroatoms. The third kappa shape index (κ3) is 4.31. The lowest BCUT2D eigenvalue weighted by Gasteiger charge is -2.34. The van der Waals surface area contributed by atoms with Crippen molar-refractivity contribution in [3.8, 4) is 11.1 Å². The lowest BCUT2D eigenvalue weighted by Crippen LogP contribution is -2.46. The molecule has 152 valence electrons. The molecule has 1 fully saturated rings. The first-order valence-electron chi connectivity index (χ1n) is 9.86. The van der Waals surface area contributed by atoms with Crippen molar-refractivity contribution >= 4 is 22.8 Å². The van der Waals surface area contributed by atoms with Gasteiger partial charge in [-0.05, 0) is 39.7 Å². The fourth-order valence-corrected chi connectivity index (χ4v) is 3.71. The Morgan fingerprint density at radius 2 is 1.97 bits per heavy atom. The van der Waals surface area contributed by atoms with Gasteiger partial charge in [-0.1, -0.05) is 0 Å². The number of piperidine rings is 1. The van der Waals surface area contributed by atoms with Crippen LogP contribution in [0.3, 0.4) is 0 Å². The number of hydrogen-bond donors (Lipinski definition) is 2. The number of H-pyrrole nitrogens is 1. The highest BCUT2D eigenvalue weighted by atomic mass is 16.6. The summed E-state index contributed by atoms with van der Waals surface area (Å²) in [6, 6.07) is 2.16. The highest BCUT2D eigenvalue weighted by Gasteiger charge is 2.25. The maximum absolute atomic E-state index is 12.0. The van der Waals surface area contributed by atoms with Crippen LogP contribution >= 0.6 is 0 Å². The van der Waals surface area contributed by atoms with Crippen molar-refractivity contribution in [2.24, 2.45) is 0 Å². The number of carbonyl (C=O) groups excluding carboxylic acids is 1. The Balaban J connectivity index is 1.50. The molecular formula is C21H26N6O2. The summed E-state index contributed by atoms with van der Waals surface area (Å²) in [5.74, 6) is 0. The molecule has 4 heterocycles. The van der Waals surface area contributed by atoms with Crippen LogP contribution in [-0.2, 0) is 4.74 Å². The molecule has 3 aromatic rings. The Labute approximate surface area is 169 Å². The van der Waals surface area contributed by atoms with Crippen molar-refractivity contribution in [1.82, 2.24) is 25.3 Å². The Hall–Kier alpha value is -3.16. The largest absolute Gasteiger partial charge is 0.444 e. The molecule has 1 aliphatic heterocycles. The number of nitrogens with one attached hydrogen (secondary N) is 2. The average Bonchev–Trinajstić information content (AvgIpc) is 3.12. The number of hydrogen-bond acceptors (Lipinski definition) is 6. The van der Waals surface area contributed by atoms with E-state index in [1.54, 1.807) is 0 Å². The highest BCUT2D eigenvalue weighted by Crippen LogP contribution is 2.35. The van der Waals surface area contributed by atoms with Crippen LogP contribution < -0.4 is 10.2 Å². The Bertz CT molecular complexity index is 987. The lowest BCUT2D eigenvalue weighted by molar-refractivity contribution is 0.0497. The van der Waals surface area contributed by atoms with Crippen molar-refractivity contribution in [2.75, 3.05) is 18.0 Å². The van der Waals surface area contributed by atoms with Gasteiger partial charge < -0.3 is 19.9 Å². The quantitative estimate of drug-likeness (QED) is 0.706. The summed E-state index contributed by atoms with van der Waals surface area (Å²) in [5, 5.41) is 4.06. The molecule has 0 atom stereocenters. The minimum Gasteiger partial charge on any atom is -0.444 e. The molecule has 4 rings (SSSR count). The summed E-state index contributed by atoms with van der Waals surface area (Å²) in [4.78, 5) is 30.4. The minimum atomic E-state index is -0.487. The second-order valence-corrected chi connectivity index (χ2v) is 8.29. The van der Waals surface area contributed by atoms with Crippen LogP contribution in [0.5, 0.6) is 0 Å². The third-order valence-corrected chi connectivity index (χ3v) is 4.98. The summed E-state index contributed by atoms with van der Waals surface area (Å²) < 4.78 is 5.38. The fourth-order valence-electron chi connectivity index (χ4n) is 3.71. The second-order valence-electron chi connectivity index (χ2n) is 8.29. The van der Waals surface area contributed by atoms with E-state index in [4.69, 9.17) is 4.74 Å². The molecule has 0 aromatic carbocycles. The van der Waals surface area contributed by atoms with Gasteiger partial charge >= 0.3 is 6.09 Å². The molecule has 0 spiro atoms. The van der Waals surface area contributed by atoms with E-state index in [-0.39, 0.29) is 12.1 Å². The number of amides is 1. The topological polar surface area (TPSA) is 96.0 Å². The Morgan fingerprint density at radius 3 is 2.66 bits per heavy atom. The van der Waals surface area contributed by atoms with Gasteiger partial charge in [0.1, 0.15) is 17.6 Å². The van der Waals surface area contributed by atoms with E-state index < -0.39 is 5.60 Å². The maximum atomic E-state index is 12.0. The van der Waals surface area contributed by atoms with Crippen LogP contribution in [0.4, 0.5) is 10.5 Å². The van der Waals surface area contributed by atoms with Crippen LogP contribution in [0, 0.1) is 0 Å². The van der Waals surface area contributed by atoms with Crippen LogP contribution in [0.2, 0.25) is 0 Å². The van der Waals surface area contributed by atoms with Crippen molar-refractivity contribution in [3.05, 3.63) is 37.2 Å². The normalized spacial score (nSPS) is 15.5. The maximum Gasteiger partial charge on any atom is 0.407 e. The summed E-state index contributed by atoms with van der Waals surface area (Å²) in [6.07, 6.45) is 10.3. The van der Waals surface area contributed by atoms with Crippen molar-refractivity contribution in [3.63, 3.8) is 0 Å². The van der Waals surface area contributed by atoms with Gasteiger partial charge in [-0.3, -0.25) is 0 Å². The van der Waals surface area contributed by atoms with Crippen LogP contribution in [0.25, 0.3) is 22.2 Å². The molecule has 0 aliphatic carbocycles. The van der Waals surface area contributed by atoms with E-state index in [1.165, 1.54) is 6.33 Å². The van der Waals surface area contributed by atoms with Gasteiger partial charge in [-0.25, -0.2) is 19.7 Å². The Morgan fingerprint density at radius 1 is 1.24 bits per heavy atom. The number of rotatable bonds is 3. The zero-order chi connectivity index (χ0) is 20.4. The highest BCUT2D eigenvalue weighted by molar-refractivity contribution is 6.02.